The standard InChI is InChI=1S/C19H24N2O4S/c1-14-5-8-16(9-6-14)21-19(23)13-26(24)12-18(22)20-15(2)7-10-17-4-3-11-25-17/h3-6,8-9,11,15H,7,10,12-13H2,1-2H3,(H,20,22)(H,21,23)/t15-,26-/m1/s1. The first-order valence-corrected chi connectivity index (χ1v) is 9.94. The molecule has 0 bridgehead atoms. The van der Waals surface area contributed by atoms with E-state index in [2.05, 4.69) is 10.6 Å². The van der Waals surface area contributed by atoms with Crippen LogP contribution >= 0.6 is 0 Å². The molecule has 140 valence electrons. The van der Waals surface area contributed by atoms with Crippen LogP contribution in [-0.2, 0) is 26.8 Å². The van der Waals surface area contributed by atoms with Crippen molar-refractivity contribution in [1.82, 2.24) is 5.32 Å². The minimum Gasteiger partial charge on any atom is -0.469 e. The van der Waals surface area contributed by atoms with Gasteiger partial charge >= 0.3 is 0 Å². The third kappa shape index (κ3) is 7.23. The number of furan rings is 1. The Labute approximate surface area is 155 Å². The van der Waals surface area contributed by atoms with Gasteiger partial charge < -0.3 is 15.1 Å². The molecule has 0 saturated carbocycles. The number of anilines is 1. The first-order chi connectivity index (χ1) is 12.4. The minimum absolute atomic E-state index is 0.0639. The molecule has 2 amide bonds. The third-order valence-electron chi connectivity index (χ3n) is 3.73. The molecule has 2 N–H and O–H groups in total. The highest BCUT2D eigenvalue weighted by molar-refractivity contribution is 7.86. The molecule has 0 radical (unpaired) electrons. The smallest absolute Gasteiger partial charge is 0.237 e. The van der Waals surface area contributed by atoms with Crippen LogP contribution in [0, 0.1) is 6.92 Å². The average Bonchev–Trinajstić information content (AvgIpc) is 3.08. The Morgan fingerprint density at radius 2 is 1.81 bits per heavy atom. The van der Waals surface area contributed by atoms with E-state index < -0.39 is 10.8 Å². The van der Waals surface area contributed by atoms with Crippen molar-refractivity contribution in [2.45, 2.75) is 32.7 Å². The van der Waals surface area contributed by atoms with E-state index in [0.29, 0.717) is 5.69 Å². The fourth-order valence-electron chi connectivity index (χ4n) is 2.38. The molecule has 2 rings (SSSR count). The van der Waals surface area contributed by atoms with E-state index in [1.165, 1.54) is 0 Å². The summed E-state index contributed by atoms with van der Waals surface area (Å²) in [6.07, 6.45) is 3.06. The topological polar surface area (TPSA) is 88.4 Å². The lowest BCUT2D eigenvalue weighted by molar-refractivity contribution is -0.119. The van der Waals surface area contributed by atoms with Gasteiger partial charge in [0.1, 0.15) is 17.3 Å². The van der Waals surface area contributed by atoms with Gasteiger partial charge in [-0.25, -0.2) is 0 Å². The van der Waals surface area contributed by atoms with E-state index in [0.717, 1.165) is 24.2 Å². The van der Waals surface area contributed by atoms with Gasteiger partial charge in [0.25, 0.3) is 0 Å². The predicted octanol–water partition coefficient (Wildman–Crippen LogP) is 2.41. The van der Waals surface area contributed by atoms with Crippen molar-refractivity contribution < 1.29 is 18.2 Å². The van der Waals surface area contributed by atoms with Crippen LogP contribution in [0.3, 0.4) is 0 Å². The molecule has 6 nitrogen and oxygen atoms in total. The zero-order valence-corrected chi connectivity index (χ0v) is 15.8. The van der Waals surface area contributed by atoms with Crippen LogP contribution in [0.5, 0.6) is 0 Å². The van der Waals surface area contributed by atoms with Gasteiger partial charge in [-0.1, -0.05) is 17.7 Å². The molecule has 1 aromatic heterocycles. The summed E-state index contributed by atoms with van der Waals surface area (Å²) in [5.41, 5.74) is 1.73. The van der Waals surface area contributed by atoms with Crippen molar-refractivity contribution in [3.63, 3.8) is 0 Å². The molecule has 0 aliphatic rings. The number of hydrogen-bond acceptors (Lipinski definition) is 4. The Bertz CT molecular complexity index is 741. The van der Waals surface area contributed by atoms with Crippen LogP contribution in [-0.4, -0.2) is 33.6 Å². The number of carbonyl (C=O) groups excluding carboxylic acids is 2. The van der Waals surface area contributed by atoms with E-state index in [1.54, 1.807) is 18.4 Å². The molecule has 0 fully saturated rings. The number of nitrogens with one attached hydrogen (secondary N) is 2. The Morgan fingerprint density at radius 3 is 2.46 bits per heavy atom. The van der Waals surface area contributed by atoms with Crippen molar-refractivity contribution in [1.29, 1.82) is 0 Å². The van der Waals surface area contributed by atoms with Crippen LogP contribution in [0.25, 0.3) is 0 Å². The van der Waals surface area contributed by atoms with Gasteiger partial charge in [-0.3, -0.25) is 13.8 Å². The first-order valence-electron chi connectivity index (χ1n) is 8.45. The lowest BCUT2D eigenvalue weighted by Crippen LogP contribution is -2.37. The number of amides is 2. The summed E-state index contributed by atoms with van der Waals surface area (Å²) >= 11 is 0. The second-order valence-corrected chi connectivity index (χ2v) is 7.69. The van der Waals surface area contributed by atoms with Gasteiger partial charge in [0, 0.05) is 28.9 Å². The predicted molar refractivity (Wildman–Crippen MR) is 102 cm³/mol. The molecular weight excluding hydrogens is 352 g/mol. The Balaban J connectivity index is 1.68. The quantitative estimate of drug-likeness (QED) is 0.703. The zero-order chi connectivity index (χ0) is 18.9. The monoisotopic (exact) mass is 376 g/mol. The van der Waals surface area contributed by atoms with Gasteiger partial charge in [-0.2, -0.15) is 0 Å². The highest BCUT2D eigenvalue weighted by Crippen LogP contribution is 2.08. The summed E-state index contributed by atoms with van der Waals surface area (Å²) in [6.45, 7) is 3.84. The maximum Gasteiger partial charge on any atom is 0.237 e. The molecule has 0 aliphatic heterocycles. The van der Waals surface area contributed by atoms with Gasteiger partial charge in [0.15, 0.2) is 0 Å². The van der Waals surface area contributed by atoms with Crippen LogP contribution in [0.2, 0.25) is 0 Å². The minimum atomic E-state index is -1.55. The van der Waals surface area contributed by atoms with E-state index >= 15 is 0 Å². The number of hydrogen-bond donors (Lipinski definition) is 2. The van der Waals surface area contributed by atoms with Gasteiger partial charge in [0.05, 0.1) is 6.26 Å². The largest absolute Gasteiger partial charge is 0.469 e. The number of benzene rings is 1. The summed E-state index contributed by atoms with van der Waals surface area (Å²) in [7, 11) is -1.55. The summed E-state index contributed by atoms with van der Waals surface area (Å²) in [6, 6.07) is 11.0. The molecule has 26 heavy (non-hydrogen) atoms. The molecule has 1 aromatic carbocycles. The maximum atomic E-state index is 12.0. The fourth-order valence-corrected chi connectivity index (χ4v) is 3.22. The zero-order valence-electron chi connectivity index (χ0n) is 15.0. The van der Waals surface area contributed by atoms with Crippen LogP contribution in [0.4, 0.5) is 5.69 Å². The van der Waals surface area contributed by atoms with Crippen LogP contribution < -0.4 is 10.6 Å². The highest BCUT2D eigenvalue weighted by atomic mass is 32.2. The lowest BCUT2D eigenvalue weighted by atomic mass is 10.1. The lowest BCUT2D eigenvalue weighted by Gasteiger charge is -2.13. The second-order valence-electron chi connectivity index (χ2n) is 6.23. The van der Waals surface area contributed by atoms with Crippen molar-refractivity contribution in [2.75, 3.05) is 16.8 Å². The third-order valence-corrected chi connectivity index (χ3v) is 4.90. The molecule has 2 atom stereocenters. The van der Waals surface area contributed by atoms with Crippen LogP contribution in [0.15, 0.2) is 47.1 Å². The molecule has 0 saturated heterocycles. The Hall–Kier alpha value is -2.41. The fraction of sp³-hybridized carbons (Fsp3) is 0.368. The van der Waals surface area contributed by atoms with Crippen molar-refractivity contribution in [2.24, 2.45) is 0 Å². The van der Waals surface area contributed by atoms with E-state index in [-0.39, 0.29) is 29.4 Å². The normalized spacial score (nSPS) is 13.0. The van der Waals surface area contributed by atoms with Gasteiger partial charge in [-0.15, -0.1) is 0 Å². The summed E-state index contributed by atoms with van der Waals surface area (Å²) < 4.78 is 17.3. The van der Waals surface area contributed by atoms with E-state index in [4.69, 9.17) is 4.42 Å². The molecule has 0 unspecified atom stereocenters. The van der Waals surface area contributed by atoms with Gasteiger partial charge in [0.2, 0.25) is 11.8 Å². The van der Waals surface area contributed by atoms with E-state index in [1.807, 2.05) is 38.1 Å². The Kier molecular flexibility index (Phi) is 7.59. The average molecular weight is 376 g/mol. The van der Waals surface area contributed by atoms with Crippen molar-refractivity contribution >= 4 is 28.3 Å². The molecule has 2 aromatic rings. The maximum absolute atomic E-state index is 12.0. The molecular formula is C19H24N2O4S. The van der Waals surface area contributed by atoms with Crippen molar-refractivity contribution in [3.05, 3.63) is 54.0 Å². The summed E-state index contributed by atoms with van der Waals surface area (Å²) in [5, 5.41) is 5.47. The molecule has 0 spiro atoms. The molecule has 1 heterocycles. The summed E-state index contributed by atoms with van der Waals surface area (Å²) in [5.74, 6) is -0.221. The molecule has 7 heteroatoms. The Morgan fingerprint density at radius 1 is 1.12 bits per heavy atom. The highest BCUT2D eigenvalue weighted by Gasteiger charge is 2.14. The van der Waals surface area contributed by atoms with Gasteiger partial charge in [-0.05, 0) is 44.5 Å². The first kappa shape index (κ1) is 19.9. The SMILES string of the molecule is Cc1ccc(NC(=O)C[S@](=O)CC(=O)N[C@H](C)CCc2ccco2)cc1. The number of aryl methyl sites for hydroxylation is 2. The van der Waals surface area contributed by atoms with Crippen molar-refractivity contribution in [3.8, 4) is 0 Å². The number of carbonyl (C=O) groups is 2. The van der Waals surface area contributed by atoms with Crippen LogP contribution in [0.1, 0.15) is 24.7 Å². The van der Waals surface area contributed by atoms with E-state index in [9.17, 15) is 13.8 Å². The summed E-state index contributed by atoms with van der Waals surface area (Å²) in [4.78, 5) is 23.8. The second kappa shape index (κ2) is 9.91. The molecule has 0 aliphatic carbocycles. The number of rotatable bonds is 9.